The van der Waals surface area contributed by atoms with Crippen LogP contribution in [0.25, 0.3) is 0 Å². The molecular weight excluding hydrogens is 352 g/mol. The Labute approximate surface area is 164 Å². The highest BCUT2D eigenvalue weighted by Gasteiger charge is 2.70. The van der Waals surface area contributed by atoms with E-state index >= 15 is 0 Å². The summed E-state index contributed by atoms with van der Waals surface area (Å²) in [6.45, 7) is 0.430. The lowest BCUT2D eigenvalue weighted by Crippen LogP contribution is -2.74. The smallest absolute Gasteiger partial charge is 0.254 e. The van der Waals surface area contributed by atoms with Gasteiger partial charge in [0.2, 0.25) is 5.90 Å². The first kappa shape index (κ1) is 16.3. The maximum atomic E-state index is 14.0. The quantitative estimate of drug-likeness (QED) is 0.771. The van der Waals surface area contributed by atoms with E-state index in [1.54, 1.807) is 7.11 Å². The lowest BCUT2D eigenvalue weighted by molar-refractivity contribution is -0.157. The number of amides is 1. The number of fused-ring (bicyclic) bond motifs is 1. The predicted molar refractivity (Wildman–Crippen MR) is 104 cm³/mol. The number of piperidine rings is 1. The van der Waals surface area contributed by atoms with Crippen LogP contribution in [-0.4, -0.2) is 41.5 Å². The van der Waals surface area contributed by atoms with Gasteiger partial charge in [0.15, 0.2) is 6.23 Å². The molecule has 2 spiro atoms. The summed E-state index contributed by atoms with van der Waals surface area (Å²) in [5.74, 6) is 0.926. The molecule has 7 rings (SSSR count). The Hall–Kier alpha value is -2.66. The van der Waals surface area contributed by atoms with Gasteiger partial charge >= 0.3 is 0 Å². The van der Waals surface area contributed by atoms with Gasteiger partial charge < -0.3 is 9.47 Å². The fraction of sp³-hybridized carbons (Fsp3) is 0.391. The van der Waals surface area contributed by atoms with Crippen molar-refractivity contribution in [3.63, 3.8) is 0 Å². The Balaban J connectivity index is 1.52. The highest BCUT2D eigenvalue weighted by Crippen LogP contribution is 2.56. The molecule has 5 aliphatic rings. The third-order valence-corrected chi connectivity index (χ3v) is 7.05. The number of ether oxygens (including phenoxy) is 2. The van der Waals surface area contributed by atoms with Crippen molar-refractivity contribution >= 4 is 11.8 Å². The topological polar surface area (TPSA) is 51.1 Å². The molecule has 4 atom stereocenters. The van der Waals surface area contributed by atoms with Crippen LogP contribution in [0.2, 0.25) is 0 Å². The van der Waals surface area contributed by atoms with E-state index < -0.39 is 11.1 Å². The fourth-order valence-corrected chi connectivity index (χ4v) is 5.76. The number of benzene rings is 2. The number of carbonyl (C=O) groups excluding carboxylic acids is 1. The number of methoxy groups -OCH3 is 1. The van der Waals surface area contributed by atoms with E-state index in [0.29, 0.717) is 18.9 Å². The molecular formula is C23H22N2O3. The molecule has 2 fully saturated rings. The lowest BCUT2D eigenvalue weighted by atomic mass is 9.60. The van der Waals surface area contributed by atoms with Gasteiger partial charge in [0.25, 0.3) is 5.91 Å². The molecule has 4 heterocycles. The molecule has 0 saturated carbocycles. The second-order valence-electron chi connectivity index (χ2n) is 8.38. The SMILES string of the molecule is COC1=N[C@]23Cc4ccccc4C[C@@H]2C[C@]12CO[C@H](c1ccccc1)N2C3=O. The number of hydrogen-bond acceptors (Lipinski definition) is 4. The summed E-state index contributed by atoms with van der Waals surface area (Å²) >= 11 is 0. The Kier molecular flexibility index (Phi) is 3.17. The molecule has 5 nitrogen and oxygen atoms in total. The van der Waals surface area contributed by atoms with Crippen LogP contribution in [0.5, 0.6) is 0 Å². The standard InChI is InChI=1S/C23H22N2O3/c1-27-20-22-13-18-11-16-9-5-6-10-17(16)12-23(18,24-20)21(26)25(22)19(28-14-22)15-7-3-2-4-8-15/h2-10,18-19H,11-14H2,1H3/t18-,19-,22+,23-/m1/s1. The second kappa shape index (κ2) is 5.45. The summed E-state index contributed by atoms with van der Waals surface area (Å²) in [5, 5.41) is 0. The zero-order valence-corrected chi connectivity index (χ0v) is 15.8. The van der Waals surface area contributed by atoms with E-state index in [1.807, 2.05) is 41.3 Å². The molecule has 142 valence electrons. The van der Waals surface area contributed by atoms with Gasteiger partial charge in [-0.15, -0.1) is 0 Å². The summed E-state index contributed by atoms with van der Waals surface area (Å²) in [4.78, 5) is 20.9. The maximum Gasteiger partial charge on any atom is 0.254 e. The minimum atomic E-state index is -0.776. The van der Waals surface area contributed by atoms with Gasteiger partial charge in [-0.05, 0) is 24.0 Å². The number of nitrogens with zero attached hydrogens (tertiary/aromatic N) is 2. The van der Waals surface area contributed by atoms with Crippen LogP contribution >= 0.6 is 0 Å². The molecule has 0 aromatic heterocycles. The highest BCUT2D eigenvalue weighted by molar-refractivity contribution is 6.04. The van der Waals surface area contributed by atoms with Crippen LogP contribution in [0.3, 0.4) is 0 Å². The van der Waals surface area contributed by atoms with E-state index in [1.165, 1.54) is 11.1 Å². The van der Waals surface area contributed by atoms with Crippen LogP contribution in [0.15, 0.2) is 59.6 Å². The van der Waals surface area contributed by atoms with E-state index in [-0.39, 0.29) is 18.1 Å². The third-order valence-electron chi connectivity index (χ3n) is 7.05. The largest absolute Gasteiger partial charge is 0.483 e. The van der Waals surface area contributed by atoms with Crippen LogP contribution < -0.4 is 0 Å². The number of hydrogen-bond donors (Lipinski definition) is 0. The molecule has 2 bridgehead atoms. The highest BCUT2D eigenvalue weighted by atomic mass is 16.5. The first-order valence-electron chi connectivity index (χ1n) is 9.89. The normalized spacial score (nSPS) is 35.1. The van der Waals surface area contributed by atoms with Gasteiger partial charge in [-0.2, -0.15) is 0 Å². The molecule has 0 unspecified atom stereocenters. The predicted octanol–water partition coefficient (Wildman–Crippen LogP) is 2.90. The van der Waals surface area contributed by atoms with Crippen molar-refractivity contribution < 1.29 is 14.3 Å². The fourth-order valence-electron chi connectivity index (χ4n) is 5.76. The zero-order valence-electron chi connectivity index (χ0n) is 15.8. The second-order valence-corrected chi connectivity index (χ2v) is 8.38. The monoisotopic (exact) mass is 374 g/mol. The first-order chi connectivity index (χ1) is 13.7. The average molecular weight is 374 g/mol. The van der Waals surface area contributed by atoms with Gasteiger partial charge in [-0.1, -0.05) is 54.6 Å². The Morgan fingerprint density at radius 2 is 1.86 bits per heavy atom. The molecule has 1 aliphatic carbocycles. The molecule has 4 aliphatic heterocycles. The molecule has 1 amide bonds. The average Bonchev–Trinajstić information content (AvgIpc) is 3.12. The van der Waals surface area contributed by atoms with Gasteiger partial charge in [0, 0.05) is 17.9 Å². The number of aliphatic imine (C=N–C) groups is 1. The van der Waals surface area contributed by atoms with Crippen molar-refractivity contribution in [3.8, 4) is 0 Å². The minimum Gasteiger partial charge on any atom is -0.483 e. The molecule has 28 heavy (non-hydrogen) atoms. The van der Waals surface area contributed by atoms with E-state index in [9.17, 15) is 4.79 Å². The van der Waals surface area contributed by atoms with Crippen LogP contribution in [0, 0.1) is 5.92 Å². The third kappa shape index (κ3) is 1.85. The Bertz CT molecular complexity index is 1000. The van der Waals surface area contributed by atoms with Crippen molar-refractivity contribution in [2.45, 2.75) is 36.6 Å². The Morgan fingerprint density at radius 1 is 1.11 bits per heavy atom. The van der Waals surface area contributed by atoms with Gasteiger partial charge in [-0.25, -0.2) is 4.99 Å². The summed E-state index contributed by atoms with van der Waals surface area (Å²) in [6, 6.07) is 18.4. The Morgan fingerprint density at radius 3 is 2.64 bits per heavy atom. The molecule has 2 saturated heterocycles. The van der Waals surface area contributed by atoms with Crippen molar-refractivity contribution in [1.82, 2.24) is 4.90 Å². The lowest BCUT2D eigenvalue weighted by Gasteiger charge is -2.58. The van der Waals surface area contributed by atoms with Crippen LogP contribution in [0.1, 0.15) is 29.3 Å². The van der Waals surface area contributed by atoms with E-state index in [0.717, 1.165) is 18.4 Å². The van der Waals surface area contributed by atoms with Crippen molar-refractivity contribution in [2.24, 2.45) is 10.9 Å². The number of carbonyl (C=O) groups is 1. The number of rotatable bonds is 1. The first-order valence-corrected chi connectivity index (χ1v) is 9.89. The molecule has 5 heteroatoms. The zero-order chi connectivity index (χ0) is 18.9. The van der Waals surface area contributed by atoms with Crippen molar-refractivity contribution in [3.05, 3.63) is 71.3 Å². The van der Waals surface area contributed by atoms with Crippen molar-refractivity contribution in [1.29, 1.82) is 0 Å². The molecule has 0 radical (unpaired) electrons. The van der Waals surface area contributed by atoms with Crippen LogP contribution in [0.4, 0.5) is 0 Å². The minimum absolute atomic E-state index is 0.0883. The van der Waals surface area contributed by atoms with Gasteiger partial charge in [-0.3, -0.25) is 9.69 Å². The summed E-state index contributed by atoms with van der Waals surface area (Å²) < 4.78 is 12.0. The summed E-state index contributed by atoms with van der Waals surface area (Å²) in [6.07, 6.45) is 1.97. The maximum absolute atomic E-state index is 14.0. The van der Waals surface area contributed by atoms with Crippen LogP contribution in [-0.2, 0) is 27.1 Å². The van der Waals surface area contributed by atoms with E-state index in [4.69, 9.17) is 14.5 Å². The van der Waals surface area contributed by atoms with Gasteiger partial charge in [0.05, 0.1) is 13.7 Å². The molecule has 2 aromatic carbocycles. The molecule has 0 N–H and O–H groups in total. The van der Waals surface area contributed by atoms with Gasteiger partial charge in [0.1, 0.15) is 11.1 Å². The summed E-state index contributed by atoms with van der Waals surface area (Å²) in [7, 11) is 1.66. The van der Waals surface area contributed by atoms with E-state index in [2.05, 4.69) is 18.2 Å². The molecule has 2 aromatic rings. The van der Waals surface area contributed by atoms with Crippen molar-refractivity contribution in [2.75, 3.05) is 13.7 Å². The summed E-state index contributed by atoms with van der Waals surface area (Å²) in [5.41, 5.74) is 2.19.